The third-order valence-electron chi connectivity index (χ3n) is 4.07. The molecule has 0 spiro atoms. The minimum Gasteiger partial charge on any atom is -0.394 e. The Labute approximate surface area is 134 Å². The third kappa shape index (κ3) is 8.96. The van der Waals surface area contributed by atoms with Crippen LogP contribution in [0, 0.1) is 0 Å². The molecule has 1 unspecified atom stereocenters. The molecule has 0 rings (SSSR count). The zero-order valence-electron chi connectivity index (χ0n) is 15.0. The summed E-state index contributed by atoms with van der Waals surface area (Å²) in [5, 5.41) is 0. The molecule has 0 saturated heterocycles. The van der Waals surface area contributed by atoms with E-state index in [2.05, 4.69) is 27.7 Å². The van der Waals surface area contributed by atoms with Crippen molar-refractivity contribution in [2.75, 3.05) is 19.8 Å². The van der Waals surface area contributed by atoms with E-state index in [0.29, 0.717) is 5.54 Å². The van der Waals surface area contributed by atoms with Gasteiger partial charge in [-0.2, -0.15) is 0 Å². The van der Waals surface area contributed by atoms with Crippen LogP contribution in [0.15, 0.2) is 0 Å². The Morgan fingerprint density at radius 2 is 1.48 bits per heavy atom. The molecule has 2 N–H and O–H groups in total. The van der Waals surface area contributed by atoms with Gasteiger partial charge in [-0.15, -0.1) is 0 Å². The zero-order chi connectivity index (χ0) is 16.0. The molecule has 0 aliphatic carbocycles. The number of rotatable bonds is 15. The van der Waals surface area contributed by atoms with Crippen molar-refractivity contribution in [2.45, 2.75) is 90.6 Å². The zero-order valence-corrected chi connectivity index (χ0v) is 16.0. The summed E-state index contributed by atoms with van der Waals surface area (Å²) in [6.07, 6.45) is 9.53. The fraction of sp³-hybridized carbons (Fsp3) is 1.00. The first-order valence-electron chi connectivity index (χ1n) is 9.14. The molecule has 21 heavy (non-hydrogen) atoms. The van der Waals surface area contributed by atoms with E-state index < -0.39 is 8.56 Å². The molecule has 0 heterocycles. The average molecular weight is 318 g/mol. The Kier molecular flexibility index (Phi) is 13.8. The van der Waals surface area contributed by atoms with E-state index in [-0.39, 0.29) is 0 Å². The van der Waals surface area contributed by atoms with Crippen LogP contribution in [-0.4, -0.2) is 28.3 Å². The lowest BCUT2D eigenvalue weighted by atomic mass is 10.2. The molecular weight excluding hydrogens is 278 g/mol. The quantitative estimate of drug-likeness (QED) is 0.342. The van der Waals surface area contributed by atoms with E-state index in [1.54, 1.807) is 0 Å². The van der Waals surface area contributed by atoms with Crippen molar-refractivity contribution >= 4 is 8.56 Å². The van der Waals surface area contributed by atoms with Gasteiger partial charge in [-0.25, -0.2) is 0 Å². The summed E-state index contributed by atoms with van der Waals surface area (Å²) in [7, 11) is -2.08. The maximum absolute atomic E-state index is 6.40. The molecule has 3 nitrogen and oxygen atoms in total. The Hall–Kier alpha value is 0.0969. The van der Waals surface area contributed by atoms with E-state index in [9.17, 15) is 0 Å². The summed E-state index contributed by atoms with van der Waals surface area (Å²) in [4.78, 5) is 0. The van der Waals surface area contributed by atoms with Crippen molar-refractivity contribution in [3.05, 3.63) is 0 Å². The normalized spacial score (nSPS) is 13.6. The van der Waals surface area contributed by atoms with Crippen LogP contribution in [0.1, 0.15) is 79.1 Å². The van der Waals surface area contributed by atoms with Gasteiger partial charge in [-0.3, -0.25) is 0 Å². The second-order valence-electron chi connectivity index (χ2n) is 6.15. The Morgan fingerprint density at radius 1 is 0.857 bits per heavy atom. The van der Waals surface area contributed by atoms with Gasteiger partial charge in [0.05, 0.1) is 0 Å². The summed E-state index contributed by atoms with van der Waals surface area (Å²) in [6.45, 7) is 11.4. The summed E-state index contributed by atoms with van der Waals surface area (Å²) in [6, 6.07) is 1.15. The van der Waals surface area contributed by atoms with E-state index in [0.717, 1.165) is 51.5 Å². The highest BCUT2D eigenvalue weighted by molar-refractivity contribution is 6.68. The first-order valence-corrected chi connectivity index (χ1v) is 11.2. The minimum absolute atomic E-state index is 0.542. The summed E-state index contributed by atoms with van der Waals surface area (Å²) in [5.41, 5.74) is 6.24. The number of unbranched alkanes of at least 4 members (excludes halogenated alkanes) is 3. The lowest BCUT2D eigenvalue weighted by Crippen LogP contribution is -2.46. The molecule has 128 valence electrons. The van der Waals surface area contributed by atoms with Crippen LogP contribution >= 0.6 is 0 Å². The molecular formula is C17H39NO2Si. The van der Waals surface area contributed by atoms with Gasteiger partial charge in [0.25, 0.3) is 0 Å². The lowest BCUT2D eigenvalue weighted by molar-refractivity contribution is 0.156. The van der Waals surface area contributed by atoms with Crippen molar-refractivity contribution in [2.24, 2.45) is 5.73 Å². The van der Waals surface area contributed by atoms with Crippen LogP contribution in [0.4, 0.5) is 0 Å². The fourth-order valence-electron chi connectivity index (χ4n) is 2.71. The molecule has 0 radical (unpaired) electrons. The fourth-order valence-corrected chi connectivity index (χ4v) is 6.63. The second kappa shape index (κ2) is 13.7. The molecule has 0 fully saturated rings. The van der Waals surface area contributed by atoms with Crippen molar-refractivity contribution in [3.63, 3.8) is 0 Å². The van der Waals surface area contributed by atoms with Crippen LogP contribution in [0.25, 0.3) is 0 Å². The van der Waals surface area contributed by atoms with E-state index in [1.807, 2.05) is 0 Å². The maximum Gasteiger partial charge on any atom is 0.341 e. The van der Waals surface area contributed by atoms with Gasteiger partial charge >= 0.3 is 8.56 Å². The lowest BCUT2D eigenvalue weighted by Gasteiger charge is -2.36. The molecule has 0 aliphatic rings. The van der Waals surface area contributed by atoms with Crippen molar-refractivity contribution < 1.29 is 8.85 Å². The summed E-state index contributed by atoms with van der Waals surface area (Å²) in [5.74, 6) is 0. The monoisotopic (exact) mass is 317 g/mol. The van der Waals surface area contributed by atoms with Crippen LogP contribution in [0.3, 0.4) is 0 Å². The molecule has 0 amide bonds. The minimum atomic E-state index is -2.08. The molecule has 0 bridgehead atoms. The van der Waals surface area contributed by atoms with Gasteiger partial charge in [0.15, 0.2) is 0 Å². The van der Waals surface area contributed by atoms with Crippen molar-refractivity contribution in [3.8, 4) is 0 Å². The molecule has 0 aromatic carbocycles. The molecule has 0 aromatic rings. The van der Waals surface area contributed by atoms with Gasteiger partial charge in [0, 0.05) is 13.2 Å². The van der Waals surface area contributed by atoms with E-state index in [4.69, 9.17) is 14.6 Å². The average Bonchev–Trinajstić information content (AvgIpc) is 2.51. The summed E-state index contributed by atoms with van der Waals surface area (Å²) < 4.78 is 12.8. The van der Waals surface area contributed by atoms with Crippen LogP contribution in [0.5, 0.6) is 0 Å². The molecule has 0 aromatic heterocycles. The van der Waals surface area contributed by atoms with Gasteiger partial charge in [0.1, 0.15) is 0 Å². The van der Waals surface area contributed by atoms with E-state index in [1.165, 1.54) is 25.7 Å². The molecule has 0 saturated carbocycles. The molecule has 4 heteroatoms. The van der Waals surface area contributed by atoms with Crippen molar-refractivity contribution in [1.82, 2.24) is 0 Å². The largest absolute Gasteiger partial charge is 0.394 e. The maximum atomic E-state index is 6.40. The number of nitrogens with two attached hydrogens (primary N) is 1. The van der Waals surface area contributed by atoms with Crippen molar-refractivity contribution in [1.29, 1.82) is 0 Å². The second-order valence-corrected chi connectivity index (χ2v) is 9.84. The standard InChI is InChI=1S/C17H39NO2Si/c1-5-8-9-10-16-21(19-14-6-2,20-15-7-3)17(4)12-11-13-18/h17H,5-16,18H2,1-4H3. The smallest absolute Gasteiger partial charge is 0.341 e. The predicted molar refractivity (Wildman–Crippen MR) is 94.9 cm³/mol. The summed E-state index contributed by atoms with van der Waals surface area (Å²) >= 11 is 0. The topological polar surface area (TPSA) is 44.5 Å². The van der Waals surface area contributed by atoms with Gasteiger partial charge in [-0.05, 0) is 43.8 Å². The molecule has 0 aliphatic heterocycles. The van der Waals surface area contributed by atoms with Gasteiger partial charge < -0.3 is 14.6 Å². The van der Waals surface area contributed by atoms with Gasteiger partial charge in [0.2, 0.25) is 0 Å². The van der Waals surface area contributed by atoms with E-state index >= 15 is 0 Å². The molecule has 1 atom stereocenters. The highest BCUT2D eigenvalue weighted by Gasteiger charge is 2.42. The van der Waals surface area contributed by atoms with Gasteiger partial charge in [-0.1, -0.05) is 53.4 Å². The first kappa shape index (κ1) is 21.1. The predicted octanol–water partition coefficient (Wildman–Crippen LogP) is 4.99. The Bertz CT molecular complexity index is 219. The number of hydrogen-bond donors (Lipinski definition) is 1. The third-order valence-corrected chi connectivity index (χ3v) is 8.30. The Morgan fingerprint density at radius 3 is 1.95 bits per heavy atom. The highest BCUT2D eigenvalue weighted by Crippen LogP contribution is 2.34. The van der Waals surface area contributed by atoms with Crippen LogP contribution < -0.4 is 5.73 Å². The first-order chi connectivity index (χ1) is 10.2. The Balaban J connectivity index is 4.73. The number of hydrogen-bond acceptors (Lipinski definition) is 3. The highest BCUT2D eigenvalue weighted by atomic mass is 28.4. The SMILES string of the molecule is CCCCCC[Si](OCCC)(OCCC)C(C)CCCN. The van der Waals surface area contributed by atoms with Crippen LogP contribution in [0.2, 0.25) is 11.6 Å². The van der Waals surface area contributed by atoms with Crippen LogP contribution in [-0.2, 0) is 8.85 Å².